The number of rotatable bonds is 4. The number of thiophene rings is 1. The molecule has 2 amide bonds. The molecule has 1 aliphatic heterocycles. The van der Waals surface area contributed by atoms with Gasteiger partial charge in [0, 0.05) is 44.2 Å². The lowest BCUT2D eigenvalue weighted by molar-refractivity contribution is -0.122. The number of amides is 2. The molecule has 0 aliphatic carbocycles. The maximum absolute atomic E-state index is 12.8. The average Bonchev–Trinajstić information content (AvgIpc) is 3.24. The molecule has 0 aromatic carbocycles. The predicted molar refractivity (Wildman–Crippen MR) is 96.6 cm³/mol. The van der Waals surface area contributed by atoms with Gasteiger partial charge in [0.25, 0.3) is 5.91 Å². The molecule has 1 fully saturated rings. The van der Waals surface area contributed by atoms with Gasteiger partial charge in [0.2, 0.25) is 5.91 Å². The minimum absolute atomic E-state index is 0.00785. The summed E-state index contributed by atoms with van der Waals surface area (Å²) in [5.41, 5.74) is 1.86. The summed E-state index contributed by atoms with van der Waals surface area (Å²) >= 11 is 3.09. The number of carbonyl (C=O) groups excluding carboxylic acids is 2. The van der Waals surface area contributed by atoms with E-state index in [4.69, 9.17) is 0 Å². The number of hydrogen-bond donors (Lipinski definition) is 1. The zero-order valence-corrected chi connectivity index (χ0v) is 15.4. The highest BCUT2D eigenvalue weighted by atomic mass is 32.1. The van der Waals surface area contributed by atoms with Gasteiger partial charge < -0.3 is 10.2 Å². The van der Waals surface area contributed by atoms with E-state index in [1.807, 2.05) is 28.7 Å². The van der Waals surface area contributed by atoms with Crippen molar-refractivity contribution in [2.75, 3.05) is 39.8 Å². The molecular formula is C16H20N4O2S2. The largest absolute Gasteiger partial charge is 0.358 e. The monoisotopic (exact) mass is 364 g/mol. The van der Waals surface area contributed by atoms with Crippen LogP contribution in [0.3, 0.4) is 0 Å². The molecule has 128 valence electrons. The molecule has 6 nitrogen and oxygen atoms in total. The second kappa shape index (κ2) is 7.42. The van der Waals surface area contributed by atoms with E-state index in [0.29, 0.717) is 32.7 Å². The Bertz CT molecular complexity index is 719. The second-order valence-corrected chi connectivity index (χ2v) is 7.47. The highest BCUT2D eigenvalue weighted by Gasteiger charge is 2.26. The van der Waals surface area contributed by atoms with Gasteiger partial charge in [-0.2, -0.15) is 11.3 Å². The Balaban J connectivity index is 1.65. The Morgan fingerprint density at radius 1 is 1.29 bits per heavy atom. The van der Waals surface area contributed by atoms with Crippen molar-refractivity contribution in [3.63, 3.8) is 0 Å². The Morgan fingerprint density at radius 2 is 2.04 bits per heavy atom. The number of thiazole rings is 1. The Morgan fingerprint density at radius 3 is 2.67 bits per heavy atom. The van der Waals surface area contributed by atoms with Gasteiger partial charge in [0.05, 0.1) is 12.2 Å². The first-order valence-corrected chi connectivity index (χ1v) is 9.56. The van der Waals surface area contributed by atoms with Crippen LogP contribution in [0.25, 0.3) is 10.6 Å². The Hall–Kier alpha value is -1.77. The number of carbonyl (C=O) groups is 2. The molecule has 1 aliphatic rings. The third kappa shape index (κ3) is 3.66. The van der Waals surface area contributed by atoms with Crippen molar-refractivity contribution in [1.82, 2.24) is 20.1 Å². The summed E-state index contributed by atoms with van der Waals surface area (Å²) < 4.78 is 0. The number of aryl methyl sites for hydroxylation is 1. The van der Waals surface area contributed by atoms with Gasteiger partial charge in [-0.1, -0.05) is 0 Å². The van der Waals surface area contributed by atoms with Crippen molar-refractivity contribution in [3.05, 3.63) is 27.4 Å². The molecule has 0 atom stereocenters. The van der Waals surface area contributed by atoms with E-state index in [1.54, 1.807) is 18.4 Å². The fourth-order valence-electron chi connectivity index (χ4n) is 2.64. The molecule has 3 rings (SSSR count). The van der Waals surface area contributed by atoms with Gasteiger partial charge >= 0.3 is 0 Å². The van der Waals surface area contributed by atoms with Crippen molar-refractivity contribution in [3.8, 4) is 10.6 Å². The first kappa shape index (κ1) is 17.1. The molecule has 8 heteroatoms. The fourth-order valence-corrected chi connectivity index (χ4v) is 4.38. The van der Waals surface area contributed by atoms with E-state index < -0.39 is 0 Å². The van der Waals surface area contributed by atoms with E-state index in [9.17, 15) is 9.59 Å². The molecule has 0 unspecified atom stereocenters. The number of hydrogen-bond acceptors (Lipinski definition) is 6. The zero-order chi connectivity index (χ0) is 17.1. The normalized spacial score (nSPS) is 15.5. The summed E-state index contributed by atoms with van der Waals surface area (Å²) in [5.74, 6) is 0.0551. The first-order valence-electron chi connectivity index (χ1n) is 7.80. The van der Waals surface area contributed by atoms with Gasteiger partial charge in [0.1, 0.15) is 9.88 Å². The van der Waals surface area contributed by atoms with Crippen LogP contribution in [0, 0.1) is 6.92 Å². The molecule has 24 heavy (non-hydrogen) atoms. The van der Waals surface area contributed by atoms with E-state index in [0.717, 1.165) is 21.1 Å². The number of likely N-dealkylation sites (N-methyl/N-ethyl adjacent to an activating group) is 1. The number of piperazine rings is 1. The molecule has 1 saturated heterocycles. The summed E-state index contributed by atoms with van der Waals surface area (Å²) in [5, 5.41) is 7.59. The van der Waals surface area contributed by atoms with Crippen LogP contribution in [0.2, 0.25) is 0 Å². The summed E-state index contributed by atoms with van der Waals surface area (Å²) in [6, 6.07) is 2.02. The molecule has 0 saturated carbocycles. The van der Waals surface area contributed by atoms with E-state index in [1.165, 1.54) is 11.3 Å². The lowest BCUT2D eigenvalue weighted by Crippen LogP contribution is -2.50. The molecule has 0 spiro atoms. The van der Waals surface area contributed by atoms with Crippen molar-refractivity contribution < 1.29 is 9.59 Å². The van der Waals surface area contributed by atoms with Crippen LogP contribution in [0.5, 0.6) is 0 Å². The van der Waals surface area contributed by atoms with Crippen LogP contribution in [-0.2, 0) is 4.79 Å². The topological polar surface area (TPSA) is 65.5 Å². The van der Waals surface area contributed by atoms with Crippen molar-refractivity contribution in [2.24, 2.45) is 0 Å². The molecule has 0 radical (unpaired) electrons. The van der Waals surface area contributed by atoms with Crippen LogP contribution in [0.15, 0.2) is 16.8 Å². The Labute approximate surface area is 149 Å². The van der Waals surface area contributed by atoms with Crippen molar-refractivity contribution in [2.45, 2.75) is 6.92 Å². The van der Waals surface area contributed by atoms with Crippen LogP contribution in [0.4, 0.5) is 0 Å². The molecular weight excluding hydrogens is 344 g/mol. The summed E-state index contributed by atoms with van der Waals surface area (Å²) in [4.78, 5) is 33.4. The van der Waals surface area contributed by atoms with Gasteiger partial charge in [-0.3, -0.25) is 14.5 Å². The summed E-state index contributed by atoms with van der Waals surface area (Å²) in [6.45, 7) is 4.99. The maximum Gasteiger partial charge on any atom is 0.265 e. The van der Waals surface area contributed by atoms with E-state index >= 15 is 0 Å². The maximum atomic E-state index is 12.8. The van der Waals surface area contributed by atoms with Crippen LogP contribution < -0.4 is 5.32 Å². The molecule has 0 bridgehead atoms. The summed E-state index contributed by atoms with van der Waals surface area (Å²) in [6.07, 6.45) is 0. The van der Waals surface area contributed by atoms with Crippen molar-refractivity contribution in [1.29, 1.82) is 0 Å². The quantitative estimate of drug-likeness (QED) is 0.897. The standard InChI is InChI=1S/C16H20N4O2S2/c1-11-14(24-15(18-11)12-3-8-23-10-12)16(22)20-6-4-19(5-7-20)9-13(21)17-2/h3,8,10H,4-7,9H2,1-2H3,(H,17,21). The van der Waals surface area contributed by atoms with Crippen molar-refractivity contribution >= 4 is 34.5 Å². The number of nitrogens with zero attached hydrogens (tertiary/aromatic N) is 3. The first-order chi connectivity index (χ1) is 11.6. The molecule has 1 N–H and O–H groups in total. The predicted octanol–water partition coefficient (Wildman–Crippen LogP) is 1.68. The highest BCUT2D eigenvalue weighted by Crippen LogP contribution is 2.30. The highest BCUT2D eigenvalue weighted by molar-refractivity contribution is 7.17. The number of aromatic nitrogens is 1. The minimum Gasteiger partial charge on any atom is -0.358 e. The van der Waals surface area contributed by atoms with E-state index in [2.05, 4.69) is 15.2 Å². The third-order valence-electron chi connectivity index (χ3n) is 4.06. The van der Waals surface area contributed by atoms with Crippen LogP contribution in [0.1, 0.15) is 15.4 Å². The average molecular weight is 364 g/mol. The van der Waals surface area contributed by atoms with Gasteiger partial charge in [-0.25, -0.2) is 4.98 Å². The smallest absolute Gasteiger partial charge is 0.265 e. The van der Waals surface area contributed by atoms with E-state index in [-0.39, 0.29) is 11.8 Å². The molecule has 3 heterocycles. The lowest BCUT2D eigenvalue weighted by atomic mass is 10.2. The van der Waals surface area contributed by atoms with Crippen LogP contribution in [-0.4, -0.2) is 66.4 Å². The molecule has 2 aromatic heterocycles. The minimum atomic E-state index is 0.00785. The van der Waals surface area contributed by atoms with Gasteiger partial charge in [0.15, 0.2) is 0 Å². The second-order valence-electron chi connectivity index (χ2n) is 5.69. The zero-order valence-electron chi connectivity index (χ0n) is 13.7. The van der Waals surface area contributed by atoms with Gasteiger partial charge in [-0.15, -0.1) is 11.3 Å². The lowest BCUT2D eigenvalue weighted by Gasteiger charge is -2.34. The third-order valence-corrected chi connectivity index (χ3v) is 5.94. The SMILES string of the molecule is CNC(=O)CN1CCN(C(=O)c2sc(-c3ccsc3)nc2C)CC1. The van der Waals surface area contributed by atoms with Gasteiger partial charge in [-0.05, 0) is 18.4 Å². The van der Waals surface area contributed by atoms with Crippen LogP contribution >= 0.6 is 22.7 Å². The fraction of sp³-hybridized carbons (Fsp3) is 0.438. The molecule has 2 aromatic rings. The summed E-state index contributed by atoms with van der Waals surface area (Å²) in [7, 11) is 1.64. The Kier molecular flexibility index (Phi) is 5.27. The number of nitrogens with one attached hydrogen (secondary N) is 1.